The Hall–Kier alpha value is -1.43. The number of rotatable bonds is 4. The van der Waals surface area contributed by atoms with Crippen molar-refractivity contribution in [1.82, 2.24) is 19.5 Å². The number of H-pyrrole nitrogens is 2. The Kier molecular flexibility index (Phi) is 3.19. The number of aromatic amines is 2. The van der Waals surface area contributed by atoms with Gasteiger partial charge in [0.05, 0.1) is 6.33 Å². The molecule has 2 aromatic heterocycles. The second-order valence-electron chi connectivity index (χ2n) is 3.72. The van der Waals surface area contributed by atoms with Crippen LogP contribution in [0.2, 0.25) is 0 Å². The van der Waals surface area contributed by atoms with Crippen molar-refractivity contribution in [3.05, 3.63) is 21.5 Å². The SMILES string of the molecule is CCCCCn1c(=O)[nH]c(=S)c2[nH]cnc21. The number of aromatic nitrogens is 4. The summed E-state index contributed by atoms with van der Waals surface area (Å²) in [6, 6.07) is 0. The van der Waals surface area contributed by atoms with Gasteiger partial charge in [-0.15, -0.1) is 0 Å². The molecule has 0 unspecified atom stereocenters. The molecule has 2 aromatic rings. The third-order valence-electron chi connectivity index (χ3n) is 2.55. The predicted molar refractivity (Wildman–Crippen MR) is 65.1 cm³/mol. The van der Waals surface area contributed by atoms with Gasteiger partial charge in [0.25, 0.3) is 0 Å². The summed E-state index contributed by atoms with van der Waals surface area (Å²) < 4.78 is 2.06. The first-order valence-corrected chi connectivity index (χ1v) is 5.81. The molecule has 0 bridgehead atoms. The Balaban J connectivity index is 2.47. The van der Waals surface area contributed by atoms with Crippen LogP contribution < -0.4 is 5.69 Å². The molecule has 0 radical (unpaired) electrons. The van der Waals surface area contributed by atoms with Gasteiger partial charge in [-0.1, -0.05) is 32.0 Å². The van der Waals surface area contributed by atoms with E-state index in [1.165, 1.54) is 0 Å². The first-order chi connectivity index (χ1) is 7.74. The van der Waals surface area contributed by atoms with Gasteiger partial charge in [-0.3, -0.25) is 9.55 Å². The molecule has 0 atom stereocenters. The summed E-state index contributed by atoms with van der Waals surface area (Å²) in [5.74, 6) is 0. The van der Waals surface area contributed by atoms with Gasteiger partial charge in [0.1, 0.15) is 10.2 Å². The van der Waals surface area contributed by atoms with Gasteiger partial charge in [-0.25, -0.2) is 9.78 Å². The van der Waals surface area contributed by atoms with Crippen LogP contribution in [-0.2, 0) is 6.54 Å². The van der Waals surface area contributed by atoms with Crippen LogP contribution in [0.25, 0.3) is 11.2 Å². The van der Waals surface area contributed by atoms with Gasteiger partial charge in [-0.05, 0) is 6.42 Å². The number of imidazole rings is 1. The molecule has 16 heavy (non-hydrogen) atoms. The summed E-state index contributed by atoms with van der Waals surface area (Å²) in [5, 5.41) is 0. The van der Waals surface area contributed by atoms with Crippen LogP contribution in [0.1, 0.15) is 26.2 Å². The maximum atomic E-state index is 11.7. The lowest BCUT2D eigenvalue weighted by molar-refractivity contribution is 0.589. The minimum atomic E-state index is -0.180. The Morgan fingerprint density at radius 2 is 2.31 bits per heavy atom. The van der Waals surface area contributed by atoms with Crippen molar-refractivity contribution in [2.24, 2.45) is 0 Å². The van der Waals surface area contributed by atoms with E-state index in [0.29, 0.717) is 16.8 Å². The number of nitrogens with one attached hydrogen (secondary N) is 2. The number of nitrogens with zero attached hydrogens (tertiary/aromatic N) is 2. The third-order valence-corrected chi connectivity index (χ3v) is 2.86. The lowest BCUT2D eigenvalue weighted by Gasteiger charge is -2.05. The molecule has 0 spiro atoms. The smallest absolute Gasteiger partial charge is 0.328 e. The summed E-state index contributed by atoms with van der Waals surface area (Å²) in [6.45, 7) is 2.81. The van der Waals surface area contributed by atoms with Gasteiger partial charge < -0.3 is 4.98 Å². The molecular formula is C10H14N4OS. The molecule has 2 rings (SSSR count). The van der Waals surface area contributed by atoms with E-state index in [2.05, 4.69) is 21.9 Å². The quantitative estimate of drug-likeness (QED) is 0.632. The van der Waals surface area contributed by atoms with Crippen molar-refractivity contribution >= 4 is 23.4 Å². The second kappa shape index (κ2) is 4.61. The van der Waals surface area contributed by atoms with Crippen molar-refractivity contribution in [2.75, 3.05) is 0 Å². The fraction of sp³-hybridized carbons (Fsp3) is 0.500. The summed E-state index contributed by atoms with van der Waals surface area (Å²) in [5.41, 5.74) is 1.19. The topological polar surface area (TPSA) is 66.5 Å². The van der Waals surface area contributed by atoms with Crippen LogP contribution in [0.15, 0.2) is 11.1 Å². The molecule has 0 fully saturated rings. The van der Waals surface area contributed by atoms with Crippen molar-refractivity contribution < 1.29 is 0 Å². The summed E-state index contributed by atoms with van der Waals surface area (Å²) in [7, 11) is 0. The largest absolute Gasteiger partial charge is 0.341 e. The van der Waals surface area contributed by atoms with Crippen molar-refractivity contribution in [2.45, 2.75) is 32.7 Å². The lowest BCUT2D eigenvalue weighted by Crippen LogP contribution is -2.23. The Morgan fingerprint density at radius 3 is 3.06 bits per heavy atom. The highest BCUT2D eigenvalue weighted by Crippen LogP contribution is 2.07. The van der Waals surface area contributed by atoms with E-state index in [-0.39, 0.29) is 5.69 Å². The zero-order chi connectivity index (χ0) is 11.5. The van der Waals surface area contributed by atoms with Gasteiger partial charge in [-0.2, -0.15) is 0 Å². The van der Waals surface area contributed by atoms with E-state index in [1.54, 1.807) is 10.9 Å². The van der Waals surface area contributed by atoms with Crippen LogP contribution in [0.3, 0.4) is 0 Å². The zero-order valence-electron chi connectivity index (χ0n) is 9.12. The molecule has 86 valence electrons. The van der Waals surface area contributed by atoms with Crippen LogP contribution in [-0.4, -0.2) is 19.5 Å². The van der Waals surface area contributed by atoms with E-state index in [9.17, 15) is 4.79 Å². The molecule has 0 saturated heterocycles. The molecule has 0 aliphatic heterocycles. The molecule has 6 heteroatoms. The first-order valence-electron chi connectivity index (χ1n) is 5.40. The van der Waals surface area contributed by atoms with Crippen LogP contribution in [0.5, 0.6) is 0 Å². The monoisotopic (exact) mass is 238 g/mol. The average molecular weight is 238 g/mol. The average Bonchev–Trinajstić information content (AvgIpc) is 2.72. The minimum absolute atomic E-state index is 0.180. The molecule has 2 N–H and O–H groups in total. The molecular weight excluding hydrogens is 224 g/mol. The highest BCUT2D eigenvalue weighted by atomic mass is 32.1. The normalized spacial score (nSPS) is 11.1. The van der Waals surface area contributed by atoms with Crippen LogP contribution in [0.4, 0.5) is 0 Å². The Morgan fingerprint density at radius 1 is 1.50 bits per heavy atom. The highest BCUT2D eigenvalue weighted by Gasteiger charge is 2.06. The second-order valence-corrected chi connectivity index (χ2v) is 4.13. The summed E-state index contributed by atoms with van der Waals surface area (Å²) >= 11 is 5.05. The Bertz CT molecular complexity index is 595. The minimum Gasteiger partial charge on any atom is -0.341 e. The molecule has 0 amide bonds. The number of fused-ring (bicyclic) bond motifs is 1. The maximum absolute atomic E-state index is 11.7. The molecule has 2 heterocycles. The van der Waals surface area contributed by atoms with E-state index in [1.807, 2.05) is 0 Å². The lowest BCUT2D eigenvalue weighted by atomic mass is 10.2. The fourth-order valence-corrected chi connectivity index (χ4v) is 1.95. The van der Waals surface area contributed by atoms with Crippen LogP contribution in [0, 0.1) is 4.64 Å². The van der Waals surface area contributed by atoms with E-state index in [4.69, 9.17) is 12.2 Å². The van der Waals surface area contributed by atoms with Crippen molar-refractivity contribution in [3.63, 3.8) is 0 Å². The highest BCUT2D eigenvalue weighted by molar-refractivity contribution is 7.71. The van der Waals surface area contributed by atoms with Gasteiger partial charge >= 0.3 is 5.69 Å². The molecule has 5 nitrogen and oxygen atoms in total. The number of aryl methyl sites for hydroxylation is 1. The summed E-state index contributed by atoms with van der Waals surface area (Å²) in [6.07, 6.45) is 4.77. The number of hydrogen-bond acceptors (Lipinski definition) is 3. The summed E-state index contributed by atoms with van der Waals surface area (Å²) in [4.78, 5) is 21.5. The van der Waals surface area contributed by atoms with E-state index >= 15 is 0 Å². The maximum Gasteiger partial charge on any atom is 0.328 e. The standard InChI is InChI=1S/C10H14N4OS/c1-2-3-4-5-14-8-7(11-6-12-8)9(16)13-10(14)15/h6H,2-5H2,1H3,(H,11,12)(H,13,15,16). The molecule has 0 aromatic carbocycles. The number of hydrogen-bond donors (Lipinski definition) is 2. The van der Waals surface area contributed by atoms with Gasteiger partial charge in [0.15, 0.2) is 5.65 Å². The van der Waals surface area contributed by atoms with Gasteiger partial charge in [0.2, 0.25) is 0 Å². The first kappa shape index (κ1) is 11.1. The van der Waals surface area contributed by atoms with Crippen LogP contribution >= 0.6 is 12.2 Å². The van der Waals surface area contributed by atoms with E-state index < -0.39 is 0 Å². The molecule has 0 aliphatic rings. The van der Waals surface area contributed by atoms with E-state index in [0.717, 1.165) is 24.8 Å². The van der Waals surface area contributed by atoms with Crippen molar-refractivity contribution in [3.8, 4) is 0 Å². The zero-order valence-corrected chi connectivity index (χ0v) is 9.93. The molecule has 0 aliphatic carbocycles. The molecule has 0 saturated carbocycles. The van der Waals surface area contributed by atoms with Crippen molar-refractivity contribution in [1.29, 1.82) is 0 Å². The third kappa shape index (κ3) is 1.92. The predicted octanol–water partition coefficient (Wildman–Crippen LogP) is 1.97. The van der Waals surface area contributed by atoms with Gasteiger partial charge in [0, 0.05) is 6.54 Å². The Labute approximate surface area is 97.5 Å². The number of unbranched alkanes of at least 4 members (excludes halogenated alkanes) is 2. The fourth-order valence-electron chi connectivity index (χ4n) is 1.71.